The Labute approximate surface area is 181 Å². The van der Waals surface area contributed by atoms with Crippen molar-refractivity contribution >= 4 is 11.8 Å². The average Bonchev–Trinajstić information content (AvgIpc) is 3.39. The molecule has 1 spiro atoms. The van der Waals surface area contributed by atoms with Gasteiger partial charge in [0.25, 0.3) is 0 Å². The first-order valence-electron chi connectivity index (χ1n) is 10.6. The highest BCUT2D eigenvalue weighted by Gasteiger charge is 2.67. The highest BCUT2D eigenvalue weighted by molar-refractivity contribution is 5.93. The van der Waals surface area contributed by atoms with Gasteiger partial charge in [0, 0.05) is 26.0 Å². The van der Waals surface area contributed by atoms with Crippen LogP contribution in [0.15, 0.2) is 48.9 Å². The molecule has 0 N–H and O–H groups in total. The number of aryl methyl sites for hydroxylation is 2. The van der Waals surface area contributed by atoms with Gasteiger partial charge in [0.2, 0.25) is 11.8 Å². The van der Waals surface area contributed by atoms with Crippen molar-refractivity contribution in [2.45, 2.75) is 38.6 Å². The maximum Gasteiger partial charge on any atom is 0.230 e. The molecule has 2 amide bonds. The fourth-order valence-corrected chi connectivity index (χ4v) is 5.16. The molecule has 0 saturated carbocycles. The van der Waals surface area contributed by atoms with Crippen molar-refractivity contribution < 1.29 is 14.3 Å². The van der Waals surface area contributed by atoms with Crippen LogP contribution in [0.4, 0.5) is 0 Å². The molecule has 1 aromatic heterocycles. The number of amides is 2. The van der Waals surface area contributed by atoms with E-state index < -0.39 is 17.4 Å². The zero-order valence-corrected chi connectivity index (χ0v) is 18.0. The summed E-state index contributed by atoms with van der Waals surface area (Å²) in [7, 11) is 1.74. The van der Waals surface area contributed by atoms with Crippen LogP contribution >= 0.6 is 0 Å². The Balaban J connectivity index is 1.37. The van der Waals surface area contributed by atoms with Gasteiger partial charge in [-0.15, -0.1) is 0 Å². The molecule has 1 aromatic carbocycles. The molecule has 0 aliphatic carbocycles. The Bertz CT molecular complexity index is 1070. The summed E-state index contributed by atoms with van der Waals surface area (Å²) in [4.78, 5) is 38.7. The third-order valence-electron chi connectivity index (χ3n) is 6.72. The first kappa shape index (κ1) is 19.9. The third kappa shape index (κ3) is 3.24. The average molecular weight is 418 g/mol. The molecule has 3 aliphatic heterocycles. The molecule has 5 rings (SSSR count). The summed E-state index contributed by atoms with van der Waals surface area (Å²) in [5.74, 6) is -1.08. The second kappa shape index (κ2) is 7.27. The van der Waals surface area contributed by atoms with Crippen LogP contribution in [0.5, 0.6) is 0 Å². The van der Waals surface area contributed by atoms with E-state index in [9.17, 15) is 9.59 Å². The maximum absolute atomic E-state index is 13.5. The van der Waals surface area contributed by atoms with Gasteiger partial charge in [-0.3, -0.25) is 19.6 Å². The van der Waals surface area contributed by atoms with Gasteiger partial charge in [-0.05, 0) is 25.0 Å². The van der Waals surface area contributed by atoms with E-state index in [2.05, 4.69) is 42.0 Å². The van der Waals surface area contributed by atoms with Crippen molar-refractivity contribution in [2.75, 3.05) is 13.6 Å². The smallest absolute Gasteiger partial charge is 0.230 e. The molecule has 0 radical (unpaired) electrons. The second-order valence-corrected chi connectivity index (χ2v) is 8.92. The number of hydrogen-bond donors (Lipinski definition) is 0. The Kier molecular flexibility index (Phi) is 4.66. The zero-order valence-electron chi connectivity index (χ0n) is 18.0. The van der Waals surface area contributed by atoms with Gasteiger partial charge in [-0.2, -0.15) is 0 Å². The number of nitrogens with zero attached hydrogens (tertiary/aromatic N) is 4. The van der Waals surface area contributed by atoms with Gasteiger partial charge in [-0.25, -0.2) is 0 Å². The number of hydrogen-bond acceptors (Lipinski definition) is 5. The van der Waals surface area contributed by atoms with E-state index in [1.807, 2.05) is 17.1 Å². The summed E-state index contributed by atoms with van der Waals surface area (Å²) in [6, 6.07) is 6.28. The van der Waals surface area contributed by atoms with Crippen LogP contribution in [0.1, 0.15) is 22.4 Å². The molecule has 4 heterocycles. The fourth-order valence-electron chi connectivity index (χ4n) is 5.16. The van der Waals surface area contributed by atoms with Gasteiger partial charge in [0.05, 0.1) is 42.9 Å². The van der Waals surface area contributed by atoms with Crippen molar-refractivity contribution in [2.24, 2.45) is 11.8 Å². The fraction of sp³-hybridized carbons (Fsp3) is 0.417. The summed E-state index contributed by atoms with van der Waals surface area (Å²) in [6.07, 6.45) is 8.45. The molecular formula is C24H26N4O3. The maximum atomic E-state index is 13.5. The zero-order chi connectivity index (χ0) is 21.8. The summed E-state index contributed by atoms with van der Waals surface area (Å²) in [5, 5.41) is 0. The Morgan fingerprint density at radius 1 is 1.32 bits per heavy atom. The molecule has 160 valence electrons. The first-order valence-corrected chi connectivity index (χ1v) is 10.6. The Morgan fingerprint density at radius 2 is 2.16 bits per heavy atom. The number of rotatable bonds is 5. The number of ether oxygens (including phenoxy) is 1. The second-order valence-electron chi connectivity index (χ2n) is 8.92. The first-order chi connectivity index (χ1) is 14.9. The molecule has 7 heteroatoms. The molecule has 2 aromatic rings. The van der Waals surface area contributed by atoms with Crippen molar-refractivity contribution in [1.29, 1.82) is 0 Å². The van der Waals surface area contributed by atoms with Gasteiger partial charge in [0.1, 0.15) is 5.60 Å². The lowest BCUT2D eigenvalue weighted by Crippen LogP contribution is -2.44. The van der Waals surface area contributed by atoms with Crippen LogP contribution < -0.4 is 0 Å². The monoisotopic (exact) mass is 418 g/mol. The third-order valence-corrected chi connectivity index (χ3v) is 6.72. The van der Waals surface area contributed by atoms with E-state index in [4.69, 9.17) is 4.74 Å². The van der Waals surface area contributed by atoms with Crippen molar-refractivity contribution in [3.8, 4) is 0 Å². The standard InChI is InChI=1S/C24H26N4O3/c1-15-4-5-16(2)17(10-15)12-28-14-24-7-6-19(31-24)20(21(24)23(28)30)22(29)27(3)13-18-11-25-8-9-26-18/h4-11,19-21H,12-14H2,1-3H3/t19-,20+,21+,24-/m0/s1. The van der Waals surface area contributed by atoms with E-state index in [0.29, 0.717) is 25.3 Å². The van der Waals surface area contributed by atoms with E-state index in [-0.39, 0.29) is 17.9 Å². The molecule has 2 bridgehead atoms. The van der Waals surface area contributed by atoms with Gasteiger partial charge in [0.15, 0.2) is 0 Å². The summed E-state index contributed by atoms with van der Waals surface area (Å²) < 4.78 is 6.26. The lowest BCUT2D eigenvalue weighted by molar-refractivity contribution is -0.143. The highest BCUT2D eigenvalue weighted by Crippen LogP contribution is 2.52. The predicted octanol–water partition coefficient (Wildman–Crippen LogP) is 2.03. The summed E-state index contributed by atoms with van der Waals surface area (Å²) in [5.41, 5.74) is 3.46. The number of benzene rings is 1. The predicted molar refractivity (Wildman–Crippen MR) is 114 cm³/mol. The number of carbonyl (C=O) groups excluding carboxylic acids is 2. The largest absolute Gasteiger partial charge is 0.360 e. The molecule has 3 aliphatic rings. The van der Waals surface area contributed by atoms with Crippen LogP contribution in [-0.4, -0.2) is 56.9 Å². The molecule has 31 heavy (non-hydrogen) atoms. The Hall–Kier alpha value is -3.06. The normalized spacial score (nSPS) is 28.3. The van der Waals surface area contributed by atoms with E-state index >= 15 is 0 Å². The summed E-state index contributed by atoms with van der Waals surface area (Å²) in [6.45, 7) is 5.47. The summed E-state index contributed by atoms with van der Waals surface area (Å²) >= 11 is 0. The van der Waals surface area contributed by atoms with Crippen LogP contribution in [0.25, 0.3) is 0 Å². The molecule has 7 nitrogen and oxygen atoms in total. The number of fused-ring (bicyclic) bond motifs is 1. The lowest BCUT2D eigenvalue weighted by Gasteiger charge is -2.27. The van der Waals surface area contributed by atoms with Crippen molar-refractivity contribution in [3.05, 3.63) is 71.3 Å². The van der Waals surface area contributed by atoms with E-state index in [1.54, 1.807) is 30.5 Å². The molecule has 0 unspecified atom stereocenters. The highest BCUT2D eigenvalue weighted by atomic mass is 16.5. The van der Waals surface area contributed by atoms with Crippen LogP contribution in [-0.2, 0) is 27.4 Å². The van der Waals surface area contributed by atoms with Crippen molar-refractivity contribution in [1.82, 2.24) is 19.8 Å². The minimum atomic E-state index is -0.701. The SMILES string of the molecule is Cc1ccc(C)c(CN2C[C@]34C=C[C@H](O3)[C@@H](C(=O)N(C)Cc3cnccn3)[C@@H]4C2=O)c1. The molecule has 2 fully saturated rings. The van der Waals surface area contributed by atoms with Crippen LogP contribution in [0.3, 0.4) is 0 Å². The molecule has 2 saturated heterocycles. The van der Waals surface area contributed by atoms with E-state index in [1.165, 1.54) is 5.56 Å². The van der Waals surface area contributed by atoms with Crippen LogP contribution in [0.2, 0.25) is 0 Å². The topological polar surface area (TPSA) is 75.6 Å². The van der Waals surface area contributed by atoms with Crippen molar-refractivity contribution in [3.63, 3.8) is 0 Å². The van der Waals surface area contributed by atoms with Crippen LogP contribution in [0, 0.1) is 25.7 Å². The number of likely N-dealkylation sites (tertiary alicyclic amines) is 1. The molecular weight excluding hydrogens is 392 g/mol. The van der Waals surface area contributed by atoms with Gasteiger partial charge < -0.3 is 14.5 Å². The van der Waals surface area contributed by atoms with Gasteiger partial charge >= 0.3 is 0 Å². The number of aromatic nitrogens is 2. The molecule has 4 atom stereocenters. The van der Waals surface area contributed by atoms with Gasteiger partial charge in [-0.1, -0.05) is 35.9 Å². The number of carbonyl (C=O) groups is 2. The lowest BCUT2D eigenvalue weighted by atomic mass is 9.76. The van der Waals surface area contributed by atoms with E-state index in [0.717, 1.165) is 11.1 Å². The minimum absolute atomic E-state index is 0.000918. The quantitative estimate of drug-likeness (QED) is 0.695. The Morgan fingerprint density at radius 3 is 2.94 bits per heavy atom. The minimum Gasteiger partial charge on any atom is -0.360 e.